The second-order valence-corrected chi connectivity index (χ2v) is 13.5. The number of fused-ring (bicyclic) bond motifs is 10. The van der Waals surface area contributed by atoms with Crippen LogP contribution >= 0.6 is 0 Å². The Morgan fingerprint density at radius 1 is 0.259 bits per heavy atom. The Hall–Kier alpha value is -7.30. The van der Waals surface area contributed by atoms with E-state index in [2.05, 4.69) is 156 Å². The highest BCUT2D eigenvalue weighted by molar-refractivity contribution is 6.26. The Morgan fingerprint density at radius 2 is 0.685 bits per heavy atom. The third-order valence-electron chi connectivity index (χ3n) is 10.3. The lowest BCUT2D eigenvalue weighted by Crippen LogP contribution is -1.96. The van der Waals surface area contributed by atoms with Crippen LogP contribution in [-0.4, -0.2) is 19.9 Å². The SMILES string of the molecule is c1cncc(-c2nc(-c3ccc(-c4ccncc4)cc3)cc(-c3ccc4c5ccccc5c5ccccc5c5ccccc5c5ccccc5c4c3)n2)c1. The van der Waals surface area contributed by atoms with Crippen molar-refractivity contribution in [3.8, 4) is 45.0 Å². The Kier molecular flexibility index (Phi) is 7.77. The molecule has 0 unspecified atom stereocenters. The number of pyridine rings is 2. The van der Waals surface area contributed by atoms with Gasteiger partial charge in [0.15, 0.2) is 5.82 Å². The van der Waals surface area contributed by atoms with Gasteiger partial charge in [-0.05, 0) is 101 Å². The molecule has 252 valence electrons. The number of rotatable bonds is 4. The lowest BCUT2D eigenvalue weighted by atomic mass is 9.93. The monoisotopic (exact) mass is 688 g/mol. The first kappa shape index (κ1) is 31.4. The molecule has 0 N–H and O–H groups in total. The molecule has 4 heteroatoms. The lowest BCUT2D eigenvalue weighted by Gasteiger charge is -2.12. The van der Waals surface area contributed by atoms with Crippen molar-refractivity contribution >= 4 is 53.9 Å². The third kappa shape index (κ3) is 5.58. The van der Waals surface area contributed by atoms with Gasteiger partial charge in [-0.2, -0.15) is 0 Å². The van der Waals surface area contributed by atoms with Crippen LogP contribution in [0.3, 0.4) is 0 Å². The van der Waals surface area contributed by atoms with Crippen LogP contribution in [0.2, 0.25) is 0 Å². The van der Waals surface area contributed by atoms with Gasteiger partial charge < -0.3 is 0 Å². The summed E-state index contributed by atoms with van der Waals surface area (Å²) < 4.78 is 0. The molecule has 0 aliphatic rings. The van der Waals surface area contributed by atoms with Crippen LogP contribution < -0.4 is 0 Å². The molecule has 3 heterocycles. The van der Waals surface area contributed by atoms with E-state index in [1.165, 1.54) is 48.5 Å². The Balaban J connectivity index is 1.28. The van der Waals surface area contributed by atoms with E-state index in [9.17, 15) is 0 Å². The summed E-state index contributed by atoms with van der Waals surface area (Å²) in [6, 6.07) is 60.5. The highest BCUT2D eigenvalue weighted by atomic mass is 14.9. The van der Waals surface area contributed by atoms with Crippen LogP contribution in [0.4, 0.5) is 0 Å². The van der Waals surface area contributed by atoms with Crippen molar-refractivity contribution in [2.45, 2.75) is 0 Å². The Labute approximate surface area is 312 Å². The largest absolute Gasteiger partial charge is 0.265 e. The molecule has 7 aromatic carbocycles. The maximum atomic E-state index is 5.20. The molecule has 4 nitrogen and oxygen atoms in total. The molecule has 10 aromatic rings. The first-order valence-electron chi connectivity index (χ1n) is 18.1. The quantitative estimate of drug-likeness (QED) is 0.185. The molecular weight excluding hydrogens is 657 g/mol. The molecular formula is C50H32N4. The predicted octanol–water partition coefficient (Wildman–Crippen LogP) is 12.8. The van der Waals surface area contributed by atoms with Crippen molar-refractivity contribution in [3.05, 3.63) is 195 Å². The second-order valence-electron chi connectivity index (χ2n) is 13.5. The molecule has 10 rings (SSSR count). The normalized spacial score (nSPS) is 11.3. The number of benzene rings is 6. The zero-order valence-corrected chi connectivity index (χ0v) is 29.3. The van der Waals surface area contributed by atoms with Gasteiger partial charge in [0.1, 0.15) is 0 Å². The molecule has 0 spiro atoms. The van der Waals surface area contributed by atoms with Gasteiger partial charge >= 0.3 is 0 Å². The summed E-state index contributed by atoms with van der Waals surface area (Å²) in [5, 5.41) is 11.9. The fraction of sp³-hybridized carbons (Fsp3) is 0. The summed E-state index contributed by atoms with van der Waals surface area (Å²) in [4.78, 5) is 18.9. The van der Waals surface area contributed by atoms with E-state index in [1.54, 1.807) is 6.20 Å². The summed E-state index contributed by atoms with van der Waals surface area (Å²) in [6.45, 7) is 0. The molecule has 54 heavy (non-hydrogen) atoms. The van der Waals surface area contributed by atoms with Crippen molar-refractivity contribution in [3.63, 3.8) is 0 Å². The van der Waals surface area contributed by atoms with Crippen molar-refractivity contribution in [2.24, 2.45) is 0 Å². The van der Waals surface area contributed by atoms with Gasteiger partial charge in [-0.1, -0.05) is 133 Å². The van der Waals surface area contributed by atoms with Gasteiger partial charge in [0.05, 0.1) is 11.4 Å². The summed E-state index contributed by atoms with van der Waals surface area (Å²) >= 11 is 0. The van der Waals surface area contributed by atoms with Crippen LogP contribution in [0.15, 0.2) is 195 Å². The summed E-state index contributed by atoms with van der Waals surface area (Å²) in [6.07, 6.45) is 7.24. The topological polar surface area (TPSA) is 51.6 Å². The van der Waals surface area contributed by atoms with Crippen molar-refractivity contribution in [1.29, 1.82) is 0 Å². The van der Waals surface area contributed by atoms with Crippen LogP contribution in [0.25, 0.3) is 98.9 Å². The minimum Gasteiger partial charge on any atom is -0.265 e. The fourth-order valence-corrected chi connectivity index (χ4v) is 7.72. The van der Waals surface area contributed by atoms with E-state index in [1.807, 2.05) is 42.9 Å². The predicted molar refractivity (Wildman–Crippen MR) is 225 cm³/mol. The molecule has 0 saturated carbocycles. The van der Waals surface area contributed by atoms with E-state index in [0.717, 1.165) is 44.6 Å². The standard InChI is InChI=1S/C50H32N4/c1-2-13-40-38(11-1)39-12-3-4-14-41(39)43-16-7-8-18-45(43)47-30-36(23-24-46(47)44-17-6-5-15-42(40)44)49-31-48(53-50(54-49)37-10-9-27-52-32-37)35-21-19-33(20-22-35)34-25-28-51-29-26-34/h1-32H. The highest BCUT2D eigenvalue weighted by Crippen LogP contribution is 2.38. The van der Waals surface area contributed by atoms with Gasteiger partial charge in [-0.3, -0.25) is 9.97 Å². The van der Waals surface area contributed by atoms with Crippen LogP contribution in [0, 0.1) is 0 Å². The fourth-order valence-electron chi connectivity index (χ4n) is 7.72. The molecule has 0 atom stereocenters. The zero-order chi connectivity index (χ0) is 35.8. The zero-order valence-electron chi connectivity index (χ0n) is 29.3. The van der Waals surface area contributed by atoms with Crippen molar-refractivity contribution in [2.75, 3.05) is 0 Å². The third-order valence-corrected chi connectivity index (χ3v) is 10.3. The van der Waals surface area contributed by atoms with Crippen LogP contribution in [-0.2, 0) is 0 Å². The Morgan fingerprint density at radius 3 is 1.19 bits per heavy atom. The van der Waals surface area contributed by atoms with E-state index < -0.39 is 0 Å². The van der Waals surface area contributed by atoms with Gasteiger partial charge in [0.25, 0.3) is 0 Å². The van der Waals surface area contributed by atoms with Gasteiger partial charge in [0, 0.05) is 41.5 Å². The number of hydrogen-bond donors (Lipinski definition) is 0. The average molecular weight is 689 g/mol. The minimum absolute atomic E-state index is 0.630. The van der Waals surface area contributed by atoms with E-state index >= 15 is 0 Å². The van der Waals surface area contributed by atoms with Crippen molar-refractivity contribution < 1.29 is 0 Å². The van der Waals surface area contributed by atoms with E-state index in [4.69, 9.17) is 9.97 Å². The molecule has 3 aromatic heterocycles. The Bertz CT molecular complexity index is 3010. The second kappa shape index (κ2) is 13.4. The van der Waals surface area contributed by atoms with Crippen molar-refractivity contribution in [1.82, 2.24) is 19.9 Å². The minimum atomic E-state index is 0.630. The molecule has 0 aliphatic carbocycles. The maximum Gasteiger partial charge on any atom is 0.161 e. The average Bonchev–Trinajstić information content (AvgIpc) is 3.26. The van der Waals surface area contributed by atoms with Crippen LogP contribution in [0.5, 0.6) is 0 Å². The smallest absolute Gasteiger partial charge is 0.161 e. The van der Waals surface area contributed by atoms with Crippen LogP contribution in [0.1, 0.15) is 0 Å². The van der Waals surface area contributed by atoms with Gasteiger partial charge in [0.2, 0.25) is 0 Å². The van der Waals surface area contributed by atoms with E-state index in [0.29, 0.717) is 5.82 Å². The first-order valence-corrected chi connectivity index (χ1v) is 18.1. The number of hydrogen-bond acceptors (Lipinski definition) is 4. The molecule has 0 aliphatic heterocycles. The van der Waals surface area contributed by atoms with E-state index in [-0.39, 0.29) is 0 Å². The highest BCUT2D eigenvalue weighted by Gasteiger charge is 2.14. The molecule has 0 fully saturated rings. The summed E-state index contributed by atoms with van der Waals surface area (Å²) in [7, 11) is 0. The molecule has 0 radical (unpaired) electrons. The summed E-state index contributed by atoms with van der Waals surface area (Å²) in [5.41, 5.74) is 6.81. The van der Waals surface area contributed by atoms with Gasteiger partial charge in [-0.15, -0.1) is 0 Å². The molecule has 0 amide bonds. The first-order chi connectivity index (χ1) is 26.8. The number of nitrogens with zero attached hydrogens (tertiary/aromatic N) is 4. The molecule has 0 saturated heterocycles. The molecule has 0 bridgehead atoms. The lowest BCUT2D eigenvalue weighted by molar-refractivity contribution is 1.17. The maximum absolute atomic E-state index is 5.20. The van der Waals surface area contributed by atoms with Gasteiger partial charge in [-0.25, -0.2) is 9.97 Å². The summed E-state index contributed by atoms with van der Waals surface area (Å²) in [5.74, 6) is 0.630. The number of aromatic nitrogens is 4.